The van der Waals surface area contributed by atoms with Crippen LogP contribution in [-0.2, 0) is 10.0 Å². The van der Waals surface area contributed by atoms with E-state index >= 15 is 0 Å². The van der Waals surface area contributed by atoms with Crippen LogP contribution >= 0.6 is 11.3 Å². The van der Waals surface area contributed by atoms with E-state index in [1.807, 2.05) is 37.3 Å². The number of sulfonamides is 1. The Hall–Kier alpha value is -2.95. The SMILES string of the molecule is Cc1nc(-c2ccccc2)c(C(=O)N2CCN(S(=O)(=O)c3ccc4c(c3)OCCO4)CC2)s1. The number of ether oxygens (including phenoxy) is 2. The number of rotatable bonds is 4. The summed E-state index contributed by atoms with van der Waals surface area (Å²) in [6, 6.07) is 14.3. The van der Waals surface area contributed by atoms with Crippen LogP contribution in [0.1, 0.15) is 14.7 Å². The summed E-state index contributed by atoms with van der Waals surface area (Å²) in [5, 5.41) is 0.817. The van der Waals surface area contributed by atoms with E-state index in [9.17, 15) is 13.2 Å². The van der Waals surface area contributed by atoms with Crippen molar-refractivity contribution in [2.24, 2.45) is 0 Å². The summed E-state index contributed by atoms with van der Waals surface area (Å²) in [4.78, 5) is 20.3. The third kappa shape index (κ3) is 4.21. The second-order valence-electron chi connectivity index (χ2n) is 7.78. The van der Waals surface area contributed by atoms with Gasteiger partial charge in [-0.15, -0.1) is 11.3 Å². The number of thiazole rings is 1. The number of amides is 1. The van der Waals surface area contributed by atoms with Gasteiger partial charge >= 0.3 is 0 Å². The van der Waals surface area contributed by atoms with E-state index < -0.39 is 10.0 Å². The molecule has 1 amide bonds. The van der Waals surface area contributed by atoms with Crippen LogP contribution in [0.3, 0.4) is 0 Å². The van der Waals surface area contributed by atoms with Crippen LogP contribution in [0.15, 0.2) is 53.4 Å². The molecule has 2 aliphatic rings. The number of aryl methyl sites for hydroxylation is 1. The molecule has 0 radical (unpaired) electrons. The maximum absolute atomic E-state index is 13.3. The maximum Gasteiger partial charge on any atom is 0.266 e. The van der Waals surface area contributed by atoms with E-state index in [0.29, 0.717) is 48.4 Å². The van der Waals surface area contributed by atoms with Crippen molar-refractivity contribution < 1.29 is 22.7 Å². The van der Waals surface area contributed by atoms with Gasteiger partial charge in [-0.2, -0.15) is 4.31 Å². The third-order valence-corrected chi connectivity index (χ3v) is 8.51. The zero-order valence-corrected chi connectivity index (χ0v) is 19.7. The fourth-order valence-corrected chi connectivity index (χ4v) is 6.32. The fourth-order valence-electron chi connectivity index (χ4n) is 3.97. The normalized spacial score (nSPS) is 16.6. The Balaban J connectivity index is 1.31. The lowest BCUT2D eigenvalue weighted by molar-refractivity contribution is 0.0703. The Morgan fingerprint density at radius 2 is 1.67 bits per heavy atom. The van der Waals surface area contributed by atoms with Crippen LogP contribution in [0.2, 0.25) is 0 Å². The molecule has 0 bridgehead atoms. The number of hydrogen-bond donors (Lipinski definition) is 0. The highest BCUT2D eigenvalue weighted by atomic mass is 32.2. The molecule has 1 aromatic heterocycles. The zero-order valence-electron chi connectivity index (χ0n) is 18.1. The van der Waals surface area contributed by atoms with E-state index in [2.05, 4.69) is 4.98 Å². The lowest BCUT2D eigenvalue weighted by atomic mass is 10.1. The van der Waals surface area contributed by atoms with Gasteiger partial charge in [-0.05, 0) is 19.1 Å². The van der Waals surface area contributed by atoms with Crippen LogP contribution < -0.4 is 9.47 Å². The minimum absolute atomic E-state index is 0.115. The lowest BCUT2D eigenvalue weighted by Gasteiger charge is -2.34. The molecule has 10 heteroatoms. The number of carbonyl (C=O) groups excluding carboxylic acids is 1. The summed E-state index contributed by atoms with van der Waals surface area (Å²) in [5.74, 6) is 0.866. The number of aromatic nitrogens is 1. The van der Waals surface area contributed by atoms with Gasteiger partial charge in [-0.25, -0.2) is 13.4 Å². The summed E-state index contributed by atoms with van der Waals surface area (Å²) in [6.07, 6.45) is 0. The molecular formula is C23H23N3O5S2. The van der Waals surface area contributed by atoms with Crippen molar-refractivity contribution in [3.05, 3.63) is 58.4 Å². The molecule has 33 heavy (non-hydrogen) atoms. The first-order valence-corrected chi connectivity index (χ1v) is 12.9. The van der Waals surface area contributed by atoms with Gasteiger partial charge in [-0.3, -0.25) is 4.79 Å². The van der Waals surface area contributed by atoms with Gasteiger partial charge < -0.3 is 14.4 Å². The number of piperazine rings is 1. The van der Waals surface area contributed by atoms with Crippen molar-refractivity contribution >= 4 is 27.3 Å². The van der Waals surface area contributed by atoms with E-state index in [-0.39, 0.29) is 23.9 Å². The van der Waals surface area contributed by atoms with Gasteiger partial charge in [0.25, 0.3) is 5.91 Å². The molecular weight excluding hydrogens is 462 g/mol. The van der Waals surface area contributed by atoms with Crippen molar-refractivity contribution in [3.63, 3.8) is 0 Å². The van der Waals surface area contributed by atoms with E-state index in [0.717, 1.165) is 10.6 Å². The first-order chi connectivity index (χ1) is 15.9. The molecule has 2 aliphatic heterocycles. The predicted octanol–water partition coefficient (Wildman–Crippen LogP) is 3.04. The topological polar surface area (TPSA) is 89.0 Å². The molecule has 1 fully saturated rings. The summed E-state index contributed by atoms with van der Waals surface area (Å²) in [6.45, 7) is 3.79. The molecule has 8 nitrogen and oxygen atoms in total. The fraction of sp³-hybridized carbons (Fsp3) is 0.304. The summed E-state index contributed by atoms with van der Waals surface area (Å²) >= 11 is 1.37. The van der Waals surface area contributed by atoms with Gasteiger partial charge in [0.2, 0.25) is 10.0 Å². The maximum atomic E-state index is 13.3. The van der Waals surface area contributed by atoms with Crippen molar-refractivity contribution in [2.45, 2.75) is 11.8 Å². The molecule has 5 rings (SSSR count). The Kier molecular flexibility index (Phi) is 5.81. The molecule has 172 valence electrons. The number of nitrogens with zero attached hydrogens (tertiary/aromatic N) is 3. The van der Waals surface area contributed by atoms with Crippen LogP contribution in [0.25, 0.3) is 11.3 Å². The largest absolute Gasteiger partial charge is 0.486 e. The molecule has 0 spiro atoms. The number of hydrogen-bond acceptors (Lipinski definition) is 7. The van der Waals surface area contributed by atoms with Gasteiger partial charge in [0.05, 0.1) is 15.6 Å². The first kappa shape index (κ1) is 21.9. The van der Waals surface area contributed by atoms with E-state index in [1.54, 1.807) is 11.0 Å². The summed E-state index contributed by atoms with van der Waals surface area (Å²) < 4.78 is 38.8. The molecule has 0 N–H and O–H groups in total. The average molecular weight is 486 g/mol. The van der Waals surface area contributed by atoms with E-state index in [1.165, 1.54) is 27.8 Å². The van der Waals surface area contributed by atoms with Crippen LogP contribution in [-0.4, -0.2) is 67.9 Å². The smallest absolute Gasteiger partial charge is 0.266 e. The van der Waals surface area contributed by atoms with Gasteiger partial charge in [0, 0.05) is 37.8 Å². The Morgan fingerprint density at radius 1 is 0.970 bits per heavy atom. The van der Waals surface area contributed by atoms with Gasteiger partial charge in [0.15, 0.2) is 11.5 Å². The van der Waals surface area contributed by atoms with Gasteiger partial charge in [-0.1, -0.05) is 30.3 Å². The minimum atomic E-state index is -3.71. The Morgan fingerprint density at radius 3 is 2.39 bits per heavy atom. The minimum Gasteiger partial charge on any atom is -0.486 e. The Labute approximate surface area is 196 Å². The van der Waals surface area contributed by atoms with Crippen LogP contribution in [0.4, 0.5) is 0 Å². The van der Waals surface area contributed by atoms with Crippen molar-refractivity contribution in [1.29, 1.82) is 0 Å². The molecule has 1 saturated heterocycles. The standard InChI is InChI=1S/C23H23N3O5S2/c1-16-24-21(17-5-3-2-4-6-17)22(32-16)23(27)25-9-11-26(12-10-25)33(28,29)18-7-8-19-20(15-18)31-14-13-30-19/h2-8,15H,9-14H2,1H3. The molecule has 3 aromatic rings. The predicted molar refractivity (Wildman–Crippen MR) is 124 cm³/mol. The summed E-state index contributed by atoms with van der Waals surface area (Å²) in [7, 11) is -3.71. The molecule has 3 heterocycles. The molecule has 2 aromatic carbocycles. The third-order valence-electron chi connectivity index (χ3n) is 5.65. The lowest BCUT2D eigenvalue weighted by Crippen LogP contribution is -2.50. The average Bonchev–Trinajstić information content (AvgIpc) is 3.25. The highest BCUT2D eigenvalue weighted by Gasteiger charge is 2.32. The number of carbonyl (C=O) groups is 1. The second kappa shape index (κ2) is 8.77. The quantitative estimate of drug-likeness (QED) is 0.564. The van der Waals surface area contributed by atoms with Gasteiger partial charge in [0.1, 0.15) is 18.1 Å². The van der Waals surface area contributed by atoms with Crippen molar-refractivity contribution in [3.8, 4) is 22.8 Å². The second-order valence-corrected chi connectivity index (χ2v) is 10.9. The molecule has 0 atom stereocenters. The molecule has 0 aliphatic carbocycles. The zero-order chi connectivity index (χ0) is 23.0. The highest BCUT2D eigenvalue weighted by molar-refractivity contribution is 7.89. The molecule has 0 unspecified atom stereocenters. The highest BCUT2D eigenvalue weighted by Crippen LogP contribution is 2.34. The monoisotopic (exact) mass is 485 g/mol. The first-order valence-electron chi connectivity index (χ1n) is 10.7. The van der Waals surface area contributed by atoms with E-state index in [4.69, 9.17) is 9.47 Å². The number of benzene rings is 2. The Bertz CT molecular complexity index is 1280. The molecule has 0 saturated carbocycles. The van der Waals surface area contributed by atoms with Crippen molar-refractivity contribution in [2.75, 3.05) is 39.4 Å². The van der Waals surface area contributed by atoms with Crippen LogP contribution in [0, 0.1) is 6.92 Å². The van der Waals surface area contributed by atoms with Crippen molar-refractivity contribution in [1.82, 2.24) is 14.2 Å². The van der Waals surface area contributed by atoms with Crippen LogP contribution in [0.5, 0.6) is 11.5 Å². The number of fused-ring (bicyclic) bond motifs is 1. The summed E-state index contributed by atoms with van der Waals surface area (Å²) in [5.41, 5.74) is 1.57.